The fraction of sp³-hybridized carbons (Fsp3) is 0.500. The molecule has 1 atom stereocenters. The molecule has 8 nitrogen and oxygen atoms in total. The molecule has 8 heteroatoms. The van der Waals surface area contributed by atoms with Gasteiger partial charge in [-0.3, -0.25) is 14.4 Å². The number of hydrogen-bond donors (Lipinski definition) is 1. The van der Waals surface area contributed by atoms with Crippen LogP contribution in [0.3, 0.4) is 0 Å². The lowest BCUT2D eigenvalue weighted by molar-refractivity contribution is -0.117. The number of likely N-dealkylation sites (N-methyl/N-ethyl adjacent to an activating group) is 1. The Kier molecular flexibility index (Phi) is 6.21. The van der Waals surface area contributed by atoms with E-state index >= 15 is 0 Å². The molecule has 0 bridgehead atoms. The minimum Gasteiger partial charge on any atom is -0.497 e. The monoisotopic (exact) mass is 388 g/mol. The summed E-state index contributed by atoms with van der Waals surface area (Å²) < 4.78 is 17.9. The highest BCUT2D eigenvalue weighted by Gasteiger charge is 2.27. The molecular formula is C20H28N4O4. The van der Waals surface area contributed by atoms with E-state index in [1.165, 1.54) is 0 Å². The number of aromatic nitrogens is 2. The molecule has 1 saturated heterocycles. The largest absolute Gasteiger partial charge is 0.497 e. The Labute approximate surface area is 165 Å². The van der Waals surface area contributed by atoms with Crippen LogP contribution in [-0.4, -0.2) is 61.6 Å². The molecule has 1 aromatic heterocycles. The number of carbonyl (C=O) groups excluding carboxylic acids is 1. The number of methoxy groups -OCH3 is 2. The molecule has 0 radical (unpaired) electrons. The predicted molar refractivity (Wildman–Crippen MR) is 106 cm³/mol. The van der Waals surface area contributed by atoms with Gasteiger partial charge in [0.2, 0.25) is 5.91 Å². The van der Waals surface area contributed by atoms with Gasteiger partial charge in [0.15, 0.2) is 0 Å². The quantitative estimate of drug-likeness (QED) is 0.817. The third-order valence-electron chi connectivity index (χ3n) is 5.14. The van der Waals surface area contributed by atoms with Crippen molar-refractivity contribution >= 4 is 11.6 Å². The van der Waals surface area contributed by atoms with Crippen LogP contribution in [0.2, 0.25) is 0 Å². The Bertz CT molecular complexity index is 849. The molecule has 2 heterocycles. The number of rotatable bonds is 6. The van der Waals surface area contributed by atoms with E-state index in [0.29, 0.717) is 23.8 Å². The summed E-state index contributed by atoms with van der Waals surface area (Å²) in [6.45, 7) is 6.36. The summed E-state index contributed by atoms with van der Waals surface area (Å²) in [7, 11) is 5.23. The summed E-state index contributed by atoms with van der Waals surface area (Å²) in [4.78, 5) is 14.9. The first-order valence-electron chi connectivity index (χ1n) is 9.28. The van der Waals surface area contributed by atoms with Crippen LogP contribution in [0.1, 0.15) is 23.0 Å². The standard InChI is InChI=1S/C20H28N4O4/c1-13-20(17-12-28-9-8-23(17)3)14(2)24(22-13)11-19(25)21-16-7-6-15(26-4)10-18(16)27-5/h6-7,10,17H,8-9,11-12H2,1-5H3,(H,21,25). The van der Waals surface area contributed by atoms with Crippen molar-refractivity contribution in [3.8, 4) is 11.5 Å². The van der Waals surface area contributed by atoms with E-state index < -0.39 is 0 Å². The van der Waals surface area contributed by atoms with Crippen LogP contribution < -0.4 is 14.8 Å². The third-order valence-corrected chi connectivity index (χ3v) is 5.14. The summed E-state index contributed by atoms with van der Waals surface area (Å²) in [6, 6.07) is 5.43. The van der Waals surface area contributed by atoms with Crippen molar-refractivity contribution in [1.82, 2.24) is 14.7 Å². The number of benzene rings is 1. The van der Waals surface area contributed by atoms with Gasteiger partial charge in [-0.25, -0.2) is 0 Å². The minimum atomic E-state index is -0.172. The molecule has 28 heavy (non-hydrogen) atoms. The molecule has 1 aliphatic rings. The maximum atomic E-state index is 12.6. The normalized spacial score (nSPS) is 17.4. The van der Waals surface area contributed by atoms with Gasteiger partial charge in [0.1, 0.15) is 18.0 Å². The summed E-state index contributed by atoms with van der Waals surface area (Å²) in [5.41, 5.74) is 3.64. The Balaban J connectivity index is 1.75. The van der Waals surface area contributed by atoms with E-state index in [1.807, 2.05) is 13.8 Å². The molecule has 1 aromatic carbocycles. The van der Waals surface area contributed by atoms with Crippen molar-refractivity contribution in [2.75, 3.05) is 46.3 Å². The fourth-order valence-corrected chi connectivity index (χ4v) is 3.56. The van der Waals surface area contributed by atoms with Crippen LogP contribution in [0.15, 0.2) is 18.2 Å². The smallest absolute Gasteiger partial charge is 0.246 e. The van der Waals surface area contributed by atoms with Crippen molar-refractivity contribution in [2.24, 2.45) is 0 Å². The predicted octanol–water partition coefficient (Wildman–Crippen LogP) is 2.16. The molecule has 1 amide bonds. The average Bonchev–Trinajstić information content (AvgIpc) is 2.95. The maximum absolute atomic E-state index is 12.6. The lowest BCUT2D eigenvalue weighted by Gasteiger charge is -2.32. The molecule has 1 fully saturated rings. The minimum absolute atomic E-state index is 0.124. The summed E-state index contributed by atoms with van der Waals surface area (Å²) >= 11 is 0. The van der Waals surface area contributed by atoms with E-state index in [2.05, 4.69) is 22.4 Å². The summed E-state index contributed by atoms with van der Waals surface area (Å²) in [5, 5.41) is 7.48. The molecule has 3 rings (SSSR count). The first kappa shape index (κ1) is 20.2. The molecule has 0 saturated carbocycles. The Hall–Kier alpha value is -2.58. The third kappa shape index (κ3) is 4.13. The highest BCUT2D eigenvalue weighted by Crippen LogP contribution is 2.30. The van der Waals surface area contributed by atoms with Crippen molar-refractivity contribution in [2.45, 2.75) is 26.4 Å². The first-order chi connectivity index (χ1) is 13.4. The van der Waals surface area contributed by atoms with Gasteiger partial charge in [-0.05, 0) is 33.0 Å². The molecule has 1 unspecified atom stereocenters. The number of anilines is 1. The fourth-order valence-electron chi connectivity index (χ4n) is 3.56. The molecule has 0 spiro atoms. The second kappa shape index (κ2) is 8.62. The molecule has 2 aromatic rings. The maximum Gasteiger partial charge on any atom is 0.246 e. The Morgan fingerprint density at radius 3 is 2.79 bits per heavy atom. The van der Waals surface area contributed by atoms with Gasteiger partial charge in [0.05, 0.1) is 44.9 Å². The SMILES string of the molecule is COc1ccc(NC(=O)Cn2nc(C)c(C3COCCN3C)c2C)c(OC)c1. The lowest BCUT2D eigenvalue weighted by atomic mass is 10.0. The Morgan fingerprint density at radius 1 is 1.32 bits per heavy atom. The molecular weight excluding hydrogens is 360 g/mol. The van der Waals surface area contributed by atoms with Crippen LogP contribution >= 0.6 is 0 Å². The van der Waals surface area contributed by atoms with Crippen molar-refractivity contribution < 1.29 is 19.0 Å². The van der Waals surface area contributed by atoms with Crippen LogP contribution in [0.25, 0.3) is 0 Å². The Morgan fingerprint density at radius 2 is 2.11 bits per heavy atom. The summed E-state index contributed by atoms with van der Waals surface area (Å²) in [6.07, 6.45) is 0. The number of aryl methyl sites for hydroxylation is 1. The second-order valence-corrected chi connectivity index (χ2v) is 6.93. The van der Waals surface area contributed by atoms with E-state index in [4.69, 9.17) is 14.2 Å². The molecule has 1 aliphatic heterocycles. The zero-order chi connectivity index (χ0) is 20.3. The highest BCUT2D eigenvalue weighted by molar-refractivity contribution is 5.92. The van der Waals surface area contributed by atoms with E-state index in [1.54, 1.807) is 37.1 Å². The van der Waals surface area contributed by atoms with Gasteiger partial charge in [-0.15, -0.1) is 0 Å². The van der Waals surface area contributed by atoms with E-state index in [-0.39, 0.29) is 18.5 Å². The van der Waals surface area contributed by atoms with Crippen molar-refractivity contribution in [3.63, 3.8) is 0 Å². The van der Waals surface area contributed by atoms with E-state index in [0.717, 1.165) is 30.1 Å². The van der Waals surface area contributed by atoms with Crippen LogP contribution in [0.4, 0.5) is 5.69 Å². The highest BCUT2D eigenvalue weighted by atomic mass is 16.5. The number of carbonyl (C=O) groups is 1. The lowest BCUT2D eigenvalue weighted by Crippen LogP contribution is -2.37. The summed E-state index contributed by atoms with van der Waals surface area (Å²) in [5.74, 6) is 1.04. The van der Waals surface area contributed by atoms with Gasteiger partial charge < -0.3 is 19.5 Å². The number of nitrogens with zero attached hydrogens (tertiary/aromatic N) is 3. The molecule has 152 valence electrons. The topological polar surface area (TPSA) is 77.8 Å². The van der Waals surface area contributed by atoms with Crippen molar-refractivity contribution in [3.05, 3.63) is 35.2 Å². The van der Waals surface area contributed by atoms with Gasteiger partial charge in [-0.2, -0.15) is 5.10 Å². The van der Waals surface area contributed by atoms with Gasteiger partial charge in [0.25, 0.3) is 0 Å². The number of nitrogens with one attached hydrogen (secondary N) is 1. The first-order valence-corrected chi connectivity index (χ1v) is 9.28. The van der Waals surface area contributed by atoms with Gasteiger partial charge in [0, 0.05) is 23.9 Å². The molecule has 1 N–H and O–H groups in total. The van der Waals surface area contributed by atoms with Crippen LogP contribution in [0, 0.1) is 13.8 Å². The van der Waals surface area contributed by atoms with Gasteiger partial charge in [-0.1, -0.05) is 0 Å². The van der Waals surface area contributed by atoms with Crippen LogP contribution in [-0.2, 0) is 16.1 Å². The van der Waals surface area contributed by atoms with E-state index in [9.17, 15) is 4.79 Å². The number of amides is 1. The zero-order valence-corrected chi connectivity index (χ0v) is 17.1. The molecule has 0 aliphatic carbocycles. The number of hydrogen-bond acceptors (Lipinski definition) is 6. The second-order valence-electron chi connectivity index (χ2n) is 6.93. The number of morpholine rings is 1. The van der Waals surface area contributed by atoms with Crippen LogP contribution in [0.5, 0.6) is 11.5 Å². The average molecular weight is 388 g/mol. The zero-order valence-electron chi connectivity index (χ0n) is 17.1. The number of ether oxygens (including phenoxy) is 3. The van der Waals surface area contributed by atoms with Crippen molar-refractivity contribution in [1.29, 1.82) is 0 Å². The van der Waals surface area contributed by atoms with Gasteiger partial charge >= 0.3 is 0 Å².